The number of benzene rings is 1. The van der Waals surface area contributed by atoms with Crippen molar-refractivity contribution in [2.45, 2.75) is 33.7 Å². The van der Waals surface area contributed by atoms with Crippen LogP contribution in [0.25, 0.3) is 0 Å². The van der Waals surface area contributed by atoms with E-state index in [4.69, 9.17) is 5.11 Å². The first kappa shape index (κ1) is 14.6. The molecule has 0 spiro atoms. The summed E-state index contributed by atoms with van der Waals surface area (Å²) in [6.07, 6.45) is 0.510. The molecule has 18 heavy (non-hydrogen) atoms. The van der Waals surface area contributed by atoms with Gasteiger partial charge in [0.1, 0.15) is 5.82 Å². The Balaban J connectivity index is 2.43. The van der Waals surface area contributed by atoms with Gasteiger partial charge >= 0.3 is 5.97 Å². The van der Waals surface area contributed by atoms with Crippen LogP contribution in [0.4, 0.5) is 4.39 Å². The van der Waals surface area contributed by atoms with Gasteiger partial charge in [-0.25, -0.2) is 4.39 Å². The smallest absolute Gasteiger partial charge is 0.309 e. The highest BCUT2D eigenvalue weighted by molar-refractivity contribution is 5.73. The zero-order valence-electron chi connectivity index (χ0n) is 11.1. The molecule has 100 valence electrons. The Morgan fingerprint density at radius 1 is 1.44 bits per heavy atom. The summed E-state index contributed by atoms with van der Waals surface area (Å²) >= 11 is 0. The number of rotatable bonds is 6. The Labute approximate surface area is 107 Å². The van der Waals surface area contributed by atoms with E-state index in [1.54, 1.807) is 32.9 Å². The summed E-state index contributed by atoms with van der Waals surface area (Å²) in [4.78, 5) is 10.9. The third kappa shape index (κ3) is 3.81. The molecule has 0 saturated carbocycles. The van der Waals surface area contributed by atoms with Crippen LogP contribution in [0.15, 0.2) is 18.2 Å². The third-order valence-electron chi connectivity index (χ3n) is 3.09. The van der Waals surface area contributed by atoms with Crippen molar-refractivity contribution in [3.05, 3.63) is 35.1 Å². The van der Waals surface area contributed by atoms with Crippen LogP contribution in [0.3, 0.4) is 0 Å². The second-order valence-corrected chi connectivity index (χ2v) is 5.16. The van der Waals surface area contributed by atoms with E-state index in [1.165, 1.54) is 0 Å². The molecular formula is C14H20FNO2. The Morgan fingerprint density at radius 3 is 2.72 bits per heavy atom. The Morgan fingerprint density at radius 2 is 2.11 bits per heavy atom. The molecule has 0 radical (unpaired) electrons. The molecule has 1 aromatic carbocycles. The van der Waals surface area contributed by atoms with Crippen molar-refractivity contribution in [2.24, 2.45) is 5.41 Å². The number of aryl methyl sites for hydroxylation is 1. The summed E-state index contributed by atoms with van der Waals surface area (Å²) in [7, 11) is 0. The van der Waals surface area contributed by atoms with Crippen molar-refractivity contribution in [2.75, 3.05) is 6.54 Å². The molecule has 0 heterocycles. The monoisotopic (exact) mass is 253 g/mol. The van der Waals surface area contributed by atoms with Crippen LogP contribution in [-0.4, -0.2) is 17.6 Å². The fourth-order valence-corrected chi connectivity index (χ4v) is 1.58. The molecule has 1 rings (SSSR count). The number of halogens is 1. The van der Waals surface area contributed by atoms with Gasteiger partial charge in [0.2, 0.25) is 0 Å². The number of aliphatic carboxylic acids is 1. The zero-order chi connectivity index (χ0) is 13.8. The summed E-state index contributed by atoms with van der Waals surface area (Å²) in [5.41, 5.74) is 0.487. The first-order chi connectivity index (χ1) is 8.34. The number of hydrogen-bond donors (Lipinski definition) is 2. The summed E-state index contributed by atoms with van der Waals surface area (Å²) in [5, 5.41) is 12.0. The first-order valence-corrected chi connectivity index (χ1v) is 6.02. The van der Waals surface area contributed by atoms with Gasteiger partial charge in [-0.2, -0.15) is 0 Å². The van der Waals surface area contributed by atoms with Crippen LogP contribution in [0.2, 0.25) is 0 Å². The van der Waals surface area contributed by atoms with E-state index in [0.29, 0.717) is 30.6 Å². The lowest BCUT2D eigenvalue weighted by Gasteiger charge is -2.19. The largest absolute Gasteiger partial charge is 0.481 e. The molecule has 3 nitrogen and oxygen atoms in total. The SMILES string of the molecule is Cc1cccc(CNCCC(C)(C)C(=O)O)c1F. The highest BCUT2D eigenvalue weighted by Gasteiger charge is 2.26. The van der Waals surface area contributed by atoms with Gasteiger partial charge in [-0.05, 0) is 39.3 Å². The topological polar surface area (TPSA) is 49.3 Å². The predicted molar refractivity (Wildman–Crippen MR) is 68.9 cm³/mol. The van der Waals surface area contributed by atoms with Crippen LogP contribution in [0.1, 0.15) is 31.4 Å². The van der Waals surface area contributed by atoms with Crippen molar-refractivity contribution < 1.29 is 14.3 Å². The van der Waals surface area contributed by atoms with Crippen molar-refractivity contribution in [3.63, 3.8) is 0 Å². The molecule has 0 unspecified atom stereocenters. The molecule has 0 atom stereocenters. The molecule has 2 N–H and O–H groups in total. The Kier molecular flexibility index (Phi) is 4.84. The Bertz CT molecular complexity index is 430. The maximum atomic E-state index is 13.7. The second kappa shape index (κ2) is 5.96. The average Bonchev–Trinajstić information content (AvgIpc) is 2.29. The Hall–Kier alpha value is -1.42. The number of hydrogen-bond acceptors (Lipinski definition) is 2. The normalized spacial score (nSPS) is 11.6. The lowest BCUT2D eigenvalue weighted by molar-refractivity contribution is -0.147. The van der Waals surface area contributed by atoms with E-state index in [0.717, 1.165) is 0 Å². The van der Waals surface area contributed by atoms with Gasteiger partial charge in [0.15, 0.2) is 0 Å². The van der Waals surface area contributed by atoms with Crippen molar-refractivity contribution in [3.8, 4) is 0 Å². The molecule has 0 fully saturated rings. The second-order valence-electron chi connectivity index (χ2n) is 5.16. The van der Waals surface area contributed by atoms with E-state index in [9.17, 15) is 9.18 Å². The van der Waals surface area contributed by atoms with E-state index in [1.807, 2.05) is 6.07 Å². The maximum Gasteiger partial charge on any atom is 0.309 e. The number of nitrogens with one attached hydrogen (secondary N) is 1. The highest BCUT2D eigenvalue weighted by Crippen LogP contribution is 2.19. The first-order valence-electron chi connectivity index (χ1n) is 6.02. The van der Waals surface area contributed by atoms with E-state index in [-0.39, 0.29) is 5.82 Å². The van der Waals surface area contributed by atoms with Crippen molar-refractivity contribution in [1.29, 1.82) is 0 Å². The third-order valence-corrected chi connectivity index (χ3v) is 3.09. The highest BCUT2D eigenvalue weighted by atomic mass is 19.1. The molecule has 0 aliphatic rings. The summed E-state index contributed by atoms with van der Waals surface area (Å²) < 4.78 is 13.7. The number of carbonyl (C=O) groups is 1. The molecule has 0 saturated heterocycles. The fourth-order valence-electron chi connectivity index (χ4n) is 1.58. The zero-order valence-corrected chi connectivity index (χ0v) is 11.1. The predicted octanol–water partition coefficient (Wildman–Crippen LogP) is 2.72. The van der Waals surface area contributed by atoms with Gasteiger partial charge < -0.3 is 10.4 Å². The van der Waals surface area contributed by atoms with E-state index >= 15 is 0 Å². The van der Waals surface area contributed by atoms with Gasteiger partial charge in [-0.1, -0.05) is 18.2 Å². The van der Waals surface area contributed by atoms with Crippen LogP contribution >= 0.6 is 0 Å². The molecule has 0 aliphatic heterocycles. The lowest BCUT2D eigenvalue weighted by Crippen LogP contribution is -2.29. The van der Waals surface area contributed by atoms with Gasteiger partial charge in [-0.15, -0.1) is 0 Å². The molecule has 0 aromatic heterocycles. The van der Waals surface area contributed by atoms with Crippen molar-refractivity contribution >= 4 is 5.97 Å². The minimum Gasteiger partial charge on any atom is -0.481 e. The van der Waals surface area contributed by atoms with E-state index < -0.39 is 11.4 Å². The van der Waals surface area contributed by atoms with Crippen molar-refractivity contribution in [1.82, 2.24) is 5.32 Å². The molecule has 0 aliphatic carbocycles. The molecule has 1 aromatic rings. The summed E-state index contributed by atoms with van der Waals surface area (Å²) in [6, 6.07) is 5.28. The number of carboxylic acids is 1. The average molecular weight is 253 g/mol. The van der Waals surface area contributed by atoms with Crippen LogP contribution in [0, 0.1) is 18.2 Å². The van der Waals surface area contributed by atoms with Crippen LogP contribution < -0.4 is 5.32 Å². The maximum absolute atomic E-state index is 13.7. The van der Waals surface area contributed by atoms with Crippen LogP contribution in [0.5, 0.6) is 0 Å². The number of carboxylic acid groups (broad SMARTS) is 1. The quantitative estimate of drug-likeness (QED) is 0.766. The van der Waals surface area contributed by atoms with Gasteiger partial charge in [-0.3, -0.25) is 4.79 Å². The van der Waals surface area contributed by atoms with Gasteiger partial charge in [0, 0.05) is 12.1 Å². The lowest BCUT2D eigenvalue weighted by atomic mass is 9.90. The fraction of sp³-hybridized carbons (Fsp3) is 0.500. The molecule has 0 amide bonds. The molecule has 0 bridgehead atoms. The van der Waals surface area contributed by atoms with Gasteiger partial charge in [0.25, 0.3) is 0 Å². The summed E-state index contributed by atoms with van der Waals surface area (Å²) in [5.74, 6) is -1.01. The molecular weight excluding hydrogens is 233 g/mol. The van der Waals surface area contributed by atoms with Crippen LogP contribution in [-0.2, 0) is 11.3 Å². The standard InChI is InChI=1S/C14H20FNO2/c1-10-5-4-6-11(12(10)15)9-16-8-7-14(2,3)13(17)18/h4-6,16H,7-9H2,1-3H3,(H,17,18). The van der Waals surface area contributed by atoms with Gasteiger partial charge in [0.05, 0.1) is 5.41 Å². The molecule has 4 heteroatoms. The summed E-state index contributed by atoms with van der Waals surface area (Å²) in [6.45, 7) is 6.07. The van der Waals surface area contributed by atoms with E-state index in [2.05, 4.69) is 5.32 Å². The minimum atomic E-state index is -0.814. The minimum absolute atomic E-state index is 0.192.